The van der Waals surface area contributed by atoms with Gasteiger partial charge in [0.2, 0.25) is 0 Å². The molecule has 1 aliphatic rings. The summed E-state index contributed by atoms with van der Waals surface area (Å²) in [4.78, 5) is 10.5. The van der Waals surface area contributed by atoms with Crippen LogP contribution >= 0.6 is 17.2 Å². The number of hydrogen-bond donors (Lipinski definition) is 0. The van der Waals surface area contributed by atoms with Gasteiger partial charge in [-0.1, -0.05) is 25.3 Å². The van der Waals surface area contributed by atoms with E-state index in [9.17, 15) is 4.79 Å². The first-order valence-electron chi connectivity index (χ1n) is 8.26. The molecule has 0 bridgehead atoms. The fraction of sp³-hybridized carbons (Fsp3) is 0.444. The van der Waals surface area contributed by atoms with Gasteiger partial charge in [0.25, 0.3) is 0 Å². The minimum Gasteiger partial charge on any atom is -0.668 e. The summed E-state index contributed by atoms with van der Waals surface area (Å²) in [5, 5.41) is 2.66. The zero-order valence-electron chi connectivity index (χ0n) is 14.3. The maximum absolute atomic E-state index is 10.5. The number of rotatable bonds is 1. The number of halogens is 2. The molecule has 2 nitrogen and oxygen atoms in total. The standard InChI is InChI=1S/C9H7.C7H13NO.C2H6Si.2ClH.Hf/c1-2-5-9-7-3-6-8(9)4-1;8-7(9)6-4-2-1-3-5-6;1-3-2;;;/h1-7H;6H,1-5H2,(H2,8,9);1-2H3;2*1H;/q-1;;;;;+2/p-3. The van der Waals surface area contributed by atoms with Crippen LogP contribution < -0.4 is 0 Å². The maximum atomic E-state index is 10.5. The van der Waals surface area contributed by atoms with Gasteiger partial charge in [-0.05, 0) is 12.8 Å². The molecule has 0 aliphatic heterocycles. The van der Waals surface area contributed by atoms with E-state index in [1.54, 1.807) is 0 Å². The molecule has 2 aromatic rings. The van der Waals surface area contributed by atoms with E-state index in [4.69, 9.17) is 22.9 Å². The van der Waals surface area contributed by atoms with Crippen LogP contribution in [0.3, 0.4) is 0 Å². The van der Waals surface area contributed by atoms with Gasteiger partial charge in [-0.15, -0.1) is 29.7 Å². The molecule has 1 N–H and O–H groups in total. The summed E-state index contributed by atoms with van der Waals surface area (Å²) >= 11 is -1.78. The molecule has 3 rings (SSSR count). The van der Waals surface area contributed by atoms with Crippen molar-refractivity contribution < 1.29 is 22.5 Å². The molecule has 0 saturated heterocycles. The van der Waals surface area contributed by atoms with Gasteiger partial charge in [-0.2, -0.15) is 17.5 Å². The smallest absolute Gasteiger partial charge is 0.0519 e. The summed E-state index contributed by atoms with van der Waals surface area (Å²) in [5.74, 6) is -0.270. The van der Waals surface area contributed by atoms with Crippen LogP contribution in [0.4, 0.5) is 0 Å². The van der Waals surface area contributed by atoms with Gasteiger partial charge < -0.3 is 10.5 Å². The largest absolute Gasteiger partial charge is 0.668 e. The molecule has 0 aromatic heterocycles. The molecule has 0 heterocycles. The van der Waals surface area contributed by atoms with E-state index < -0.39 is 17.7 Å². The van der Waals surface area contributed by atoms with Crippen molar-refractivity contribution in [1.29, 1.82) is 0 Å². The van der Waals surface area contributed by atoms with Crippen molar-refractivity contribution in [3.8, 4) is 0 Å². The summed E-state index contributed by atoms with van der Waals surface area (Å²) in [6.07, 6.45) is 5.47. The predicted molar refractivity (Wildman–Crippen MR) is 105 cm³/mol. The topological polar surface area (TPSA) is 40.9 Å². The minimum absolute atomic E-state index is 0.0822. The summed E-state index contributed by atoms with van der Waals surface area (Å²) < 4.78 is 0. The number of fused-ring (bicyclic) bond motifs is 1. The fourth-order valence-corrected chi connectivity index (χ4v) is 2.43. The summed E-state index contributed by atoms with van der Waals surface area (Å²) in [5.41, 5.74) is 6.63. The van der Waals surface area contributed by atoms with Crippen LogP contribution in [0.15, 0.2) is 42.5 Å². The molecule has 24 heavy (non-hydrogen) atoms. The molecule has 1 fully saturated rings. The normalized spacial score (nSPS) is 14.0. The van der Waals surface area contributed by atoms with E-state index in [1.165, 1.54) is 17.2 Å². The molecule has 0 atom stereocenters. The third-order valence-electron chi connectivity index (χ3n) is 3.90. The molecule has 1 amide bonds. The molecule has 0 spiro atoms. The number of benzene rings is 1. The molecule has 132 valence electrons. The first kappa shape index (κ1) is 22.0. The van der Waals surface area contributed by atoms with E-state index in [1.807, 2.05) is 0 Å². The van der Waals surface area contributed by atoms with Crippen LogP contribution in [-0.2, 0) is 22.5 Å². The van der Waals surface area contributed by atoms with Crippen LogP contribution in [0.25, 0.3) is 16.5 Å². The minimum atomic E-state index is -1.78. The summed E-state index contributed by atoms with van der Waals surface area (Å²) in [7, 11) is 11.3. The number of hydrogen-bond acceptors (Lipinski definition) is 1. The first-order valence-corrected chi connectivity index (χ1v) is 25.1. The molecular formula is C18H25Cl2HfNOSi-2. The van der Waals surface area contributed by atoms with Crippen molar-refractivity contribution in [1.82, 2.24) is 0 Å². The Kier molecular flexibility index (Phi) is 11.3. The number of carbonyl (C=O) groups excluding carboxylic acids is 1. The van der Waals surface area contributed by atoms with Crippen molar-refractivity contribution in [3.05, 3.63) is 48.2 Å². The van der Waals surface area contributed by atoms with Gasteiger partial charge in [-0.25, -0.2) is 0 Å². The van der Waals surface area contributed by atoms with E-state index in [-0.39, 0.29) is 17.3 Å². The second kappa shape index (κ2) is 12.3. The number of carbonyl (C=O) groups is 1. The predicted octanol–water partition coefficient (Wildman–Crippen LogP) is 6.87. The van der Waals surface area contributed by atoms with Crippen LogP contribution in [0.5, 0.6) is 0 Å². The van der Waals surface area contributed by atoms with Crippen LogP contribution in [0.1, 0.15) is 32.1 Å². The fourth-order valence-electron chi connectivity index (χ4n) is 2.43. The summed E-state index contributed by atoms with van der Waals surface area (Å²) in [6.45, 7) is 4.35. The molecule has 0 unspecified atom stereocenters. The Hall–Kier alpha value is -0.0330. The Balaban J connectivity index is 0.000000185. The maximum Gasteiger partial charge on any atom is 0.0519 e. The number of amides is 1. The van der Waals surface area contributed by atoms with Crippen molar-refractivity contribution in [2.75, 3.05) is 0 Å². The average Bonchev–Trinajstić information content (AvgIpc) is 3.05. The van der Waals surface area contributed by atoms with Gasteiger partial charge in [0.1, 0.15) is 0 Å². The quantitative estimate of drug-likeness (QED) is 0.283. The first-order chi connectivity index (χ1) is 11.4. The zero-order valence-corrected chi connectivity index (χ0v) is 20.4. The third-order valence-corrected chi connectivity index (χ3v) is 31.4. The van der Waals surface area contributed by atoms with Crippen molar-refractivity contribution in [3.63, 3.8) is 0 Å². The molecule has 1 aliphatic carbocycles. The zero-order chi connectivity index (χ0) is 17.9. The van der Waals surface area contributed by atoms with Gasteiger partial charge >= 0.3 is 53.4 Å². The Labute approximate surface area is 160 Å². The van der Waals surface area contributed by atoms with E-state index in [0.717, 1.165) is 25.7 Å². The van der Waals surface area contributed by atoms with Crippen LogP contribution in [-0.4, -0.2) is 11.4 Å². The van der Waals surface area contributed by atoms with Gasteiger partial charge in [-0.3, -0.25) is 0 Å². The SMILES string of the molecule is C[Si](C)=[Hf]([Cl])[Cl].[NH-]C(=O)C1CCCCC1.c1ccc2[cH-]ccc2c1. The Morgan fingerprint density at radius 3 is 2.21 bits per heavy atom. The van der Waals surface area contributed by atoms with Crippen molar-refractivity contribution >= 4 is 39.3 Å². The second-order valence-electron chi connectivity index (χ2n) is 6.11. The summed E-state index contributed by atoms with van der Waals surface area (Å²) in [6, 6.07) is 14.7. The number of nitrogens with one attached hydrogen (secondary N) is 1. The van der Waals surface area contributed by atoms with Crippen molar-refractivity contribution in [2.24, 2.45) is 5.92 Å². The van der Waals surface area contributed by atoms with E-state index >= 15 is 0 Å². The monoisotopic (exact) mass is 549 g/mol. The third kappa shape index (κ3) is 8.89. The van der Waals surface area contributed by atoms with Crippen LogP contribution in [0.2, 0.25) is 13.1 Å². The Morgan fingerprint density at radius 1 is 1.17 bits per heavy atom. The molecule has 2 aromatic carbocycles. The van der Waals surface area contributed by atoms with Gasteiger partial charge in [0.15, 0.2) is 0 Å². The molecular weight excluding hydrogens is 524 g/mol. The molecule has 0 radical (unpaired) electrons. The van der Waals surface area contributed by atoms with E-state index in [0.29, 0.717) is 0 Å². The van der Waals surface area contributed by atoms with Gasteiger partial charge in [0.05, 0.1) is 5.91 Å². The average molecular weight is 549 g/mol. The van der Waals surface area contributed by atoms with Gasteiger partial charge in [0, 0.05) is 5.92 Å². The Bertz CT molecular complexity index is 618. The van der Waals surface area contributed by atoms with Crippen molar-refractivity contribution in [2.45, 2.75) is 45.2 Å². The van der Waals surface area contributed by atoms with Crippen LogP contribution in [0, 0.1) is 5.92 Å². The second-order valence-corrected chi connectivity index (χ2v) is 37.8. The van der Waals surface area contributed by atoms with E-state index in [2.05, 4.69) is 55.6 Å². The Morgan fingerprint density at radius 2 is 1.75 bits per heavy atom. The molecule has 1 saturated carbocycles. The molecule has 6 heteroatoms.